The number of esters is 1. The van der Waals surface area contributed by atoms with Gasteiger partial charge in [0.1, 0.15) is 30.5 Å². The number of aliphatic hydroxyl groups is 1. The fourth-order valence-electron chi connectivity index (χ4n) is 11.8. The van der Waals surface area contributed by atoms with Crippen molar-refractivity contribution in [2.75, 3.05) is 45.1 Å². The molecule has 0 spiro atoms. The minimum absolute atomic E-state index is 0.00467. The Hall–Kier alpha value is -5.66. The molecular formula is C55H61FN6O9S2. The van der Waals surface area contributed by atoms with E-state index >= 15 is 4.39 Å². The number of aryl methyl sites for hydroxylation is 1. The molecule has 0 radical (unpaired) electrons. The largest absolute Gasteiger partial charge is 0.508 e. The van der Waals surface area contributed by atoms with E-state index in [2.05, 4.69) is 33.3 Å². The van der Waals surface area contributed by atoms with Gasteiger partial charge in [0.15, 0.2) is 5.60 Å². The number of nitrogens with one attached hydrogen (secondary N) is 1. The quantitative estimate of drug-likeness (QED) is 0.0495. The summed E-state index contributed by atoms with van der Waals surface area (Å²) in [7, 11) is 3.65. The molecular weight excluding hydrogens is 972 g/mol. The van der Waals surface area contributed by atoms with Crippen molar-refractivity contribution in [1.82, 2.24) is 29.6 Å². The summed E-state index contributed by atoms with van der Waals surface area (Å²) in [4.78, 5) is 65.8. The maximum Gasteiger partial charge on any atom is 0.407 e. The number of alkyl carbamates (subject to hydrolysis) is 1. The number of halogens is 1. The summed E-state index contributed by atoms with van der Waals surface area (Å²) in [5.74, 6) is -0.714. The summed E-state index contributed by atoms with van der Waals surface area (Å²) >= 11 is 0. The fraction of sp³-hybridized carbons (Fsp3) is 0.473. The van der Waals surface area contributed by atoms with Crippen LogP contribution in [0.4, 0.5) is 9.18 Å². The maximum atomic E-state index is 15.5. The number of amides is 2. The highest BCUT2D eigenvalue weighted by Gasteiger charge is 2.46. The Morgan fingerprint density at radius 3 is 2.48 bits per heavy atom. The Morgan fingerprint density at radius 2 is 1.74 bits per heavy atom. The molecule has 5 aromatic rings. The van der Waals surface area contributed by atoms with Gasteiger partial charge in [-0.15, -0.1) is 0 Å². The van der Waals surface area contributed by atoms with Crippen LogP contribution in [-0.4, -0.2) is 107 Å². The number of cyclic esters (lactones) is 1. The Morgan fingerprint density at radius 1 is 0.973 bits per heavy atom. The lowest BCUT2D eigenvalue weighted by Crippen LogP contribution is -2.46. The number of carbonyl (C=O) groups is 3. The molecule has 384 valence electrons. The normalized spacial score (nSPS) is 20.8. The molecule has 4 N–H and O–H groups in total. The van der Waals surface area contributed by atoms with Crippen molar-refractivity contribution >= 4 is 50.5 Å². The van der Waals surface area contributed by atoms with Crippen LogP contribution in [0.5, 0.6) is 11.5 Å². The number of phenols is 2. The van der Waals surface area contributed by atoms with E-state index in [0.29, 0.717) is 54.0 Å². The molecule has 0 unspecified atom stereocenters. The van der Waals surface area contributed by atoms with E-state index in [0.717, 1.165) is 97.5 Å². The van der Waals surface area contributed by atoms with E-state index in [1.54, 1.807) is 35.4 Å². The van der Waals surface area contributed by atoms with E-state index in [1.165, 1.54) is 17.7 Å². The van der Waals surface area contributed by atoms with Crippen LogP contribution in [-0.2, 0) is 59.1 Å². The number of ether oxygens (including phenoxy) is 2. The zero-order valence-corrected chi connectivity index (χ0v) is 43.3. The molecule has 11 rings (SSSR count). The number of hydrogen-bond donors (Lipinski definition) is 4. The second-order valence-corrected chi connectivity index (χ2v) is 23.9. The lowest BCUT2D eigenvalue weighted by atomic mass is 9.81. The third kappa shape index (κ3) is 8.83. The molecule has 2 amide bonds. The first-order chi connectivity index (χ1) is 35.0. The van der Waals surface area contributed by atoms with Crippen molar-refractivity contribution < 1.29 is 43.6 Å². The van der Waals surface area contributed by atoms with Crippen LogP contribution < -0.4 is 10.9 Å². The van der Waals surface area contributed by atoms with Gasteiger partial charge in [0, 0.05) is 86.8 Å². The molecule has 6 heterocycles. The van der Waals surface area contributed by atoms with Crippen molar-refractivity contribution in [2.45, 2.75) is 121 Å². The van der Waals surface area contributed by atoms with Gasteiger partial charge in [-0.2, -0.15) is 0 Å². The van der Waals surface area contributed by atoms with Gasteiger partial charge in [0.25, 0.3) is 11.5 Å². The highest BCUT2D eigenvalue weighted by molar-refractivity contribution is 8.77. The monoisotopic (exact) mass is 1030 g/mol. The van der Waals surface area contributed by atoms with E-state index in [4.69, 9.17) is 14.5 Å². The third-order valence-electron chi connectivity index (χ3n) is 16.3. The first kappa shape index (κ1) is 49.5. The molecule has 3 aromatic carbocycles. The van der Waals surface area contributed by atoms with Crippen molar-refractivity contribution in [1.29, 1.82) is 0 Å². The standard InChI is InChI=1S/C55H61FN6O9S2/c1-5-55(69)40-21-44-49-38(27-62(44)51(66)39(40)28-70-52(55)67)48-42(10-9-35-31(4)41(56)22-43(57-49)47(35)48)58-53(68)71-29-54(11-6-12-54)73-72-18-17-59-13-15-60(16-14-59)24-32-7-8-33-25-61(26-34(33)19-32)50(65)37-20-36(30(2)3)45(63)23-46(37)64/h7-8,19-23,30,42,63-64,69H,5-6,9-18,24-29H2,1-4H3,(H,58,68)/t42-,55-/m0/s1. The number of aromatic nitrogens is 2. The smallest absolute Gasteiger partial charge is 0.407 e. The van der Waals surface area contributed by atoms with Crippen molar-refractivity contribution in [3.05, 3.63) is 120 Å². The average Bonchev–Trinajstić information content (AvgIpc) is 3.97. The van der Waals surface area contributed by atoms with E-state index in [1.807, 2.05) is 35.4 Å². The molecule has 2 aromatic heterocycles. The third-order valence-corrected chi connectivity index (χ3v) is 19.5. The zero-order valence-electron chi connectivity index (χ0n) is 41.6. The van der Waals surface area contributed by atoms with Gasteiger partial charge >= 0.3 is 12.1 Å². The SMILES string of the molecule is CC[C@@]1(O)C(=O)OCc2c1cc1n(c2=O)Cc2c-1nc1cc(F)c(C)c3c1c2[C@@H](NC(=O)OCC1(SSCCN2CCN(Cc4ccc5c(c4)CN(C(=O)c4cc(C(C)C)c(O)cc4O)C5)CC2)CCC1)CC3. The van der Waals surface area contributed by atoms with E-state index in [-0.39, 0.29) is 76.8 Å². The molecule has 2 aliphatic carbocycles. The van der Waals surface area contributed by atoms with Crippen LogP contribution in [0.15, 0.2) is 47.3 Å². The van der Waals surface area contributed by atoms with Gasteiger partial charge in [-0.25, -0.2) is 19.0 Å². The molecule has 2 fully saturated rings. The van der Waals surface area contributed by atoms with E-state index in [9.17, 15) is 34.5 Å². The predicted molar refractivity (Wildman–Crippen MR) is 277 cm³/mol. The van der Waals surface area contributed by atoms with Gasteiger partial charge in [0.05, 0.1) is 45.4 Å². The summed E-state index contributed by atoms with van der Waals surface area (Å²) in [6, 6.07) is 11.9. The number of piperazine rings is 1. The summed E-state index contributed by atoms with van der Waals surface area (Å²) in [5.41, 5.74) is 6.48. The molecule has 15 nitrogen and oxygen atoms in total. The molecule has 73 heavy (non-hydrogen) atoms. The van der Waals surface area contributed by atoms with Gasteiger partial charge in [0.2, 0.25) is 0 Å². The van der Waals surface area contributed by atoms with Gasteiger partial charge in [-0.05, 0) is 96.0 Å². The van der Waals surface area contributed by atoms with Gasteiger partial charge in [-0.3, -0.25) is 19.4 Å². The lowest BCUT2D eigenvalue weighted by molar-refractivity contribution is -0.172. The Balaban J connectivity index is 0.676. The Kier molecular flexibility index (Phi) is 13.1. The number of pyridine rings is 2. The van der Waals surface area contributed by atoms with Gasteiger partial charge in [-0.1, -0.05) is 67.0 Å². The Labute approximate surface area is 430 Å². The van der Waals surface area contributed by atoms with Crippen LogP contribution in [0.25, 0.3) is 22.3 Å². The number of fused-ring (bicyclic) bond motifs is 6. The number of aromatic hydroxyl groups is 2. The summed E-state index contributed by atoms with van der Waals surface area (Å²) in [6.07, 6.45) is 3.47. The number of phenolic OH excluding ortho intramolecular Hbond substituents is 2. The van der Waals surface area contributed by atoms with Crippen LogP contribution in [0.3, 0.4) is 0 Å². The highest BCUT2D eigenvalue weighted by atomic mass is 33.1. The highest BCUT2D eigenvalue weighted by Crippen LogP contribution is 2.50. The van der Waals surface area contributed by atoms with Crippen LogP contribution in [0, 0.1) is 12.7 Å². The maximum absolute atomic E-state index is 15.5. The minimum atomic E-state index is -1.99. The predicted octanol–water partition coefficient (Wildman–Crippen LogP) is 8.05. The van der Waals surface area contributed by atoms with Crippen LogP contribution >= 0.6 is 21.6 Å². The topological polar surface area (TPSA) is 187 Å². The van der Waals surface area contributed by atoms with Crippen molar-refractivity contribution in [3.8, 4) is 22.9 Å². The Bertz CT molecular complexity index is 3170. The molecule has 18 heteroatoms. The number of benzene rings is 3. The van der Waals surface area contributed by atoms with Crippen LogP contribution in [0.2, 0.25) is 0 Å². The molecule has 4 aliphatic heterocycles. The number of hydrogen-bond acceptors (Lipinski definition) is 14. The first-order valence-corrected chi connectivity index (χ1v) is 27.8. The van der Waals surface area contributed by atoms with Crippen molar-refractivity contribution in [3.63, 3.8) is 0 Å². The molecule has 2 atom stereocenters. The summed E-state index contributed by atoms with van der Waals surface area (Å²) in [6.45, 7) is 14.1. The minimum Gasteiger partial charge on any atom is -0.508 e. The number of nitrogens with zero attached hydrogens (tertiary/aromatic N) is 5. The molecule has 0 bridgehead atoms. The zero-order chi connectivity index (χ0) is 51.1. The summed E-state index contributed by atoms with van der Waals surface area (Å²) in [5, 5.41) is 36.2. The van der Waals surface area contributed by atoms with E-state index < -0.39 is 29.3 Å². The second-order valence-electron chi connectivity index (χ2n) is 21.0. The summed E-state index contributed by atoms with van der Waals surface area (Å²) < 4.78 is 28.2. The second kappa shape index (κ2) is 19.2. The van der Waals surface area contributed by atoms with Gasteiger partial charge < -0.3 is 39.6 Å². The molecule has 1 saturated carbocycles. The molecule has 1 saturated heterocycles. The number of carbonyl (C=O) groups excluding carboxylic acids is 3. The lowest BCUT2D eigenvalue weighted by Gasteiger charge is -2.40. The van der Waals surface area contributed by atoms with Crippen LogP contribution in [0.1, 0.15) is 131 Å². The average molecular weight is 1030 g/mol. The number of rotatable bonds is 13. The fourth-order valence-corrected chi connectivity index (χ4v) is 14.8. The van der Waals surface area contributed by atoms with Crippen molar-refractivity contribution in [2.24, 2.45) is 0 Å². The first-order valence-electron chi connectivity index (χ1n) is 25.5. The molecule has 6 aliphatic rings.